The number of hydrogen-bond acceptors (Lipinski definition) is 7. The predicted molar refractivity (Wildman–Crippen MR) is 148 cm³/mol. The molecular weight excluding hydrogens is 480 g/mol. The maximum Gasteiger partial charge on any atom is 0.410 e. The zero-order valence-corrected chi connectivity index (χ0v) is 23.2. The van der Waals surface area contributed by atoms with E-state index in [9.17, 15) is 9.90 Å². The number of phenols is 1. The highest BCUT2D eigenvalue weighted by molar-refractivity contribution is 5.87. The molecule has 3 atom stereocenters. The molecular formula is C30H38N4O4. The molecule has 0 saturated carbocycles. The van der Waals surface area contributed by atoms with Gasteiger partial charge in [0.15, 0.2) is 0 Å². The Morgan fingerprint density at radius 1 is 1.08 bits per heavy atom. The van der Waals surface area contributed by atoms with Crippen LogP contribution >= 0.6 is 0 Å². The van der Waals surface area contributed by atoms with Gasteiger partial charge in [0, 0.05) is 31.2 Å². The Kier molecular flexibility index (Phi) is 6.84. The number of amides is 1. The zero-order valence-electron chi connectivity index (χ0n) is 23.2. The second-order valence-corrected chi connectivity index (χ2v) is 11.7. The highest BCUT2D eigenvalue weighted by Gasteiger charge is 2.36. The third-order valence-electron chi connectivity index (χ3n) is 7.69. The van der Waals surface area contributed by atoms with Gasteiger partial charge in [-0.05, 0) is 80.8 Å². The van der Waals surface area contributed by atoms with Gasteiger partial charge in [-0.15, -0.1) is 0 Å². The van der Waals surface area contributed by atoms with Crippen LogP contribution in [-0.2, 0) is 17.6 Å². The number of benzene rings is 2. The molecule has 0 radical (unpaired) electrons. The molecule has 1 aliphatic heterocycles. The number of phenolic OH excluding ortho intramolecular Hbond substituents is 1. The van der Waals surface area contributed by atoms with Crippen LogP contribution in [0.5, 0.6) is 11.8 Å². The first-order chi connectivity index (χ1) is 18.0. The standard InChI is InChI=1S/C30H38N4O4/c1-18-13-25-26(16-23(18)24-15-21(35)14-20-9-7-8-10-22(20)24)31-28(37-6)32-27(25)34-12-11-33(17-19(34)2)29(36)38-30(3,4)5/h7-10,14-15,18-19,23,35H,11-13,16-17H2,1-6H3. The van der Waals surface area contributed by atoms with Crippen LogP contribution in [0.1, 0.15) is 57.4 Å². The van der Waals surface area contributed by atoms with Gasteiger partial charge in [0.1, 0.15) is 17.2 Å². The van der Waals surface area contributed by atoms with E-state index in [1.54, 1.807) is 12.0 Å². The van der Waals surface area contributed by atoms with Crippen LogP contribution in [0.4, 0.5) is 10.6 Å². The molecule has 38 heavy (non-hydrogen) atoms. The number of rotatable bonds is 3. The summed E-state index contributed by atoms with van der Waals surface area (Å²) in [4.78, 5) is 26.4. The minimum atomic E-state index is -0.524. The first-order valence-corrected chi connectivity index (χ1v) is 13.4. The molecule has 2 aromatic carbocycles. The van der Waals surface area contributed by atoms with Gasteiger partial charge in [-0.1, -0.05) is 31.2 Å². The molecule has 3 unspecified atom stereocenters. The van der Waals surface area contributed by atoms with Crippen molar-refractivity contribution < 1.29 is 19.4 Å². The summed E-state index contributed by atoms with van der Waals surface area (Å²) >= 11 is 0. The van der Waals surface area contributed by atoms with Crippen molar-refractivity contribution in [3.8, 4) is 11.8 Å². The Hall–Kier alpha value is -3.55. The molecule has 8 heteroatoms. The fraction of sp³-hybridized carbons (Fsp3) is 0.500. The number of aromatic hydroxyl groups is 1. The van der Waals surface area contributed by atoms with Crippen LogP contribution in [0.3, 0.4) is 0 Å². The summed E-state index contributed by atoms with van der Waals surface area (Å²) in [5.41, 5.74) is 2.77. The number of ether oxygens (including phenoxy) is 2. The van der Waals surface area contributed by atoms with Crippen molar-refractivity contribution in [2.75, 3.05) is 31.6 Å². The minimum absolute atomic E-state index is 0.0584. The molecule has 1 aliphatic carbocycles. The van der Waals surface area contributed by atoms with Crippen LogP contribution in [0.2, 0.25) is 0 Å². The third kappa shape index (κ3) is 5.08. The number of anilines is 1. The molecule has 0 spiro atoms. The van der Waals surface area contributed by atoms with E-state index in [0.29, 0.717) is 31.6 Å². The number of hydrogen-bond donors (Lipinski definition) is 1. The van der Waals surface area contributed by atoms with E-state index in [4.69, 9.17) is 19.4 Å². The number of aromatic nitrogens is 2. The lowest BCUT2D eigenvalue weighted by atomic mass is 9.74. The molecule has 0 bridgehead atoms. The quantitative estimate of drug-likeness (QED) is 0.503. The molecule has 1 N–H and O–H groups in total. The Bertz CT molecular complexity index is 1350. The van der Waals surface area contributed by atoms with Gasteiger partial charge in [0.05, 0.1) is 12.8 Å². The molecule has 202 valence electrons. The summed E-state index contributed by atoms with van der Waals surface area (Å²) in [5, 5.41) is 12.7. The number of fused-ring (bicyclic) bond motifs is 2. The smallest absolute Gasteiger partial charge is 0.410 e. The SMILES string of the molecule is COc1nc2c(c(N3CCN(C(=O)OC(C)(C)C)CC3C)n1)CC(C)C(c1cc(O)cc3ccccc13)C2. The molecule has 2 aliphatic rings. The molecule has 1 fully saturated rings. The van der Waals surface area contributed by atoms with Crippen LogP contribution in [0.25, 0.3) is 10.8 Å². The van der Waals surface area contributed by atoms with Crippen molar-refractivity contribution in [2.45, 2.75) is 65.0 Å². The third-order valence-corrected chi connectivity index (χ3v) is 7.69. The molecule has 2 heterocycles. The molecule has 3 aromatic rings. The van der Waals surface area contributed by atoms with Gasteiger partial charge in [-0.3, -0.25) is 0 Å². The van der Waals surface area contributed by atoms with Gasteiger partial charge < -0.3 is 24.4 Å². The Morgan fingerprint density at radius 2 is 1.84 bits per heavy atom. The van der Waals surface area contributed by atoms with Crippen LogP contribution in [0, 0.1) is 5.92 Å². The van der Waals surface area contributed by atoms with E-state index in [2.05, 4.69) is 24.8 Å². The maximum absolute atomic E-state index is 12.7. The summed E-state index contributed by atoms with van der Waals surface area (Å²) in [7, 11) is 1.60. The molecule has 1 aromatic heterocycles. The van der Waals surface area contributed by atoms with E-state index in [-0.39, 0.29) is 23.8 Å². The number of piperazine rings is 1. The van der Waals surface area contributed by atoms with Crippen molar-refractivity contribution in [1.29, 1.82) is 0 Å². The van der Waals surface area contributed by atoms with E-state index < -0.39 is 5.60 Å². The number of methoxy groups -OCH3 is 1. The van der Waals surface area contributed by atoms with E-state index in [0.717, 1.165) is 40.9 Å². The fourth-order valence-electron chi connectivity index (χ4n) is 5.89. The van der Waals surface area contributed by atoms with Gasteiger partial charge >= 0.3 is 12.1 Å². The summed E-state index contributed by atoms with van der Waals surface area (Å²) in [6.45, 7) is 11.8. The normalized spacial score (nSPS) is 21.8. The fourth-order valence-corrected chi connectivity index (χ4v) is 5.89. The largest absolute Gasteiger partial charge is 0.508 e. The second kappa shape index (κ2) is 9.97. The van der Waals surface area contributed by atoms with Gasteiger partial charge in [0.2, 0.25) is 0 Å². The van der Waals surface area contributed by atoms with E-state index in [1.165, 1.54) is 5.39 Å². The van der Waals surface area contributed by atoms with Crippen molar-refractivity contribution in [1.82, 2.24) is 14.9 Å². The van der Waals surface area contributed by atoms with E-state index >= 15 is 0 Å². The minimum Gasteiger partial charge on any atom is -0.508 e. The maximum atomic E-state index is 12.7. The van der Waals surface area contributed by atoms with Gasteiger partial charge in [-0.2, -0.15) is 9.97 Å². The average Bonchev–Trinajstić information content (AvgIpc) is 2.86. The van der Waals surface area contributed by atoms with Crippen LogP contribution in [0.15, 0.2) is 36.4 Å². The number of carbonyl (C=O) groups excluding carboxylic acids is 1. The predicted octanol–water partition coefficient (Wildman–Crippen LogP) is 5.31. The van der Waals surface area contributed by atoms with Crippen LogP contribution < -0.4 is 9.64 Å². The Labute approximate surface area is 224 Å². The van der Waals surface area contributed by atoms with Crippen LogP contribution in [-0.4, -0.2) is 64.5 Å². The van der Waals surface area contributed by atoms with Crippen molar-refractivity contribution >= 4 is 22.7 Å². The molecule has 8 nitrogen and oxygen atoms in total. The first kappa shape index (κ1) is 26.1. The lowest BCUT2D eigenvalue weighted by molar-refractivity contribution is 0.0218. The Balaban J connectivity index is 1.46. The van der Waals surface area contributed by atoms with Crippen molar-refractivity contribution in [2.24, 2.45) is 5.92 Å². The molecule has 1 amide bonds. The number of nitrogens with zero attached hydrogens (tertiary/aromatic N) is 4. The molecule has 5 rings (SSSR count). The first-order valence-electron chi connectivity index (χ1n) is 13.4. The topological polar surface area (TPSA) is 88.0 Å². The molecule has 1 saturated heterocycles. The van der Waals surface area contributed by atoms with E-state index in [1.807, 2.05) is 51.1 Å². The average molecular weight is 519 g/mol. The lowest BCUT2D eigenvalue weighted by Gasteiger charge is -2.42. The summed E-state index contributed by atoms with van der Waals surface area (Å²) < 4.78 is 11.2. The number of carbonyl (C=O) groups is 1. The zero-order chi connectivity index (χ0) is 27.2. The summed E-state index contributed by atoms with van der Waals surface area (Å²) in [5.74, 6) is 1.71. The monoisotopic (exact) mass is 518 g/mol. The highest BCUT2D eigenvalue weighted by atomic mass is 16.6. The van der Waals surface area contributed by atoms with Crippen molar-refractivity contribution in [3.05, 3.63) is 53.2 Å². The van der Waals surface area contributed by atoms with Crippen molar-refractivity contribution in [3.63, 3.8) is 0 Å². The lowest BCUT2D eigenvalue weighted by Crippen LogP contribution is -2.55. The Morgan fingerprint density at radius 3 is 2.55 bits per heavy atom. The second-order valence-electron chi connectivity index (χ2n) is 11.7. The van der Waals surface area contributed by atoms with Gasteiger partial charge in [0.25, 0.3) is 0 Å². The summed E-state index contributed by atoms with van der Waals surface area (Å²) in [6.07, 6.45) is 1.28. The summed E-state index contributed by atoms with van der Waals surface area (Å²) in [6, 6.07) is 12.4. The highest BCUT2D eigenvalue weighted by Crippen LogP contribution is 2.43. The van der Waals surface area contributed by atoms with Gasteiger partial charge in [-0.25, -0.2) is 4.79 Å².